The summed E-state index contributed by atoms with van der Waals surface area (Å²) in [6, 6.07) is 14.3. The highest BCUT2D eigenvalue weighted by Gasteiger charge is 2.19. The Labute approximate surface area is 120 Å². The summed E-state index contributed by atoms with van der Waals surface area (Å²) < 4.78 is 5.76. The third-order valence-electron chi connectivity index (χ3n) is 3.83. The van der Waals surface area contributed by atoms with Crippen LogP contribution in [0.1, 0.15) is 11.1 Å². The van der Waals surface area contributed by atoms with Crippen LogP contribution >= 0.6 is 0 Å². The Morgan fingerprint density at radius 2 is 2.00 bits per heavy atom. The van der Waals surface area contributed by atoms with Gasteiger partial charge in [-0.05, 0) is 42.7 Å². The molecule has 3 nitrogen and oxygen atoms in total. The third kappa shape index (κ3) is 2.57. The van der Waals surface area contributed by atoms with Gasteiger partial charge in [-0.25, -0.2) is 0 Å². The van der Waals surface area contributed by atoms with Crippen LogP contribution in [-0.2, 0) is 6.42 Å². The molecular formula is C17H20N2O. The number of hydrogen-bond donors (Lipinski definition) is 1. The molecule has 2 aromatic rings. The molecule has 0 atom stereocenters. The van der Waals surface area contributed by atoms with Gasteiger partial charge in [0, 0.05) is 17.9 Å². The predicted molar refractivity (Wildman–Crippen MR) is 83.4 cm³/mol. The number of hydrogen-bond acceptors (Lipinski definition) is 3. The molecule has 3 heteroatoms. The lowest BCUT2D eigenvalue weighted by Gasteiger charge is -2.20. The Kier molecular flexibility index (Phi) is 3.50. The van der Waals surface area contributed by atoms with E-state index in [2.05, 4.69) is 24.0 Å². The largest absolute Gasteiger partial charge is 0.492 e. The van der Waals surface area contributed by atoms with Crippen LogP contribution in [0, 0.1) is 6.92 Å². The molecule has 2 N–H and O–H groups in total. The van der Waals surface area contributed by atoms with Gasteiger partial charge < -0.3 is 15.4 Å². The van der Waals surface area contributed by atoms with Gasteiger partial charge in [-0.2, -0.15) is 0 Å². The highest BCUT2D eigenvalue weighted by molar-refractivity contribution is 5.67. The minimum atomic E-state index is 0.692. The number of benzene rings is 2. The minimum absolute atomic E-state index is 0.692. The molecule has 1 heterocycles. The van der Waals surface area contributed by atoms with Crippen LogP contribution < -0.4 is 15.4 Å². The summed E-state index contributed by atoms with van der Waals surface area (Å²) in [4.78, 5) is 2.36. The summed E-state index contributed by atoms with van der Waals surface area (Å²) in [5.74, 6) is 0.926. The van der Waals surface area contributed by atoms with Crippen LogP contribution in [0.2, 0.25) is 0 Å². The maximum Gasteiger partial charge on any atom is 0.119 e. The van der Waals surface area contributed by atoms with E-state index in [-0.39, 0.29) is 0 Å². The van der Waals surface area contributed by atoms with Gasteiger partial charge in [0.2, 0.25) is 0 Å². The summed E-state index contributed by atoms with van der Waals surface area (Å²) in [5, 5.41) is 0. The van der Waals surface area contributed by atoms with Crippen molar-refractivity contribution in [3.8, 4) is 5.75 Å². The summed E-state index contributed by atoms with van der Waals surface area (Å²) in [7, 11) is 0. The molecule has 0 bridgehead atoms. The Balaban J connectivity index is 1.62. The van der Waals surface area contributed by atoms with Crippen molar-refractivity contribution in [3.63, 3.8) is 0 Å². The highest BCUT2D eigenvalue weighted by Crippen LogP contribution is 2.31. The van der Waals surface area contributed by atoms with E-state index in [0.717, 1.165) is 30.9 Å². The van der Waals surface area contributed by atoms with Crippen molar-refractivity contribution in [2.45, 2.75) is 13.3 Å². The zero-order chi connectivity index (χ0) is 13.9. The summed E-state index contributed by atoms with van der Waals surface area (Å²) in [5.41, 5.74) is 10.7. The van der Waals surface area contributed by atoms with Crippen LogP contribution in [0.5, 0.6) is 5.75 Å². The van der Waals surface area contributed by atoms with E-state index in [0.29, 0.717) is 6.61 Å². The van der Waals surface area contributed by atoms with Gasteiger partial charge in [0.15, 0.2) is 0 Å². The molecule has 0 radical (unpaired) electrons. The van der Waals surface area contributed by atoms with Crippen LogP contribution in [0.4, 0.5) is 11.4 Å². The SMILES string of the molecule is Cc1cc2c(cc1N)N(CCOc1ccccc1)CC2. The number of aryl methyl sites for hydroxylation is 1. The number of ether oxygens (including phenoxy) is 1. The van der Waals surface area contributed by atoms with Gasteiger partial charge in [0.1, 0.15) is 12.4 Å². The van der Waals surface area contributed by atoms with Crippen LogP contribution in [0.3, 0.4) is 0 Å². The maximum absolute atomic E-state index is 6.02. The molecule has 20 heavy (non-hydrogen) atoms. The number of para-hydroxylation sites is 1. The summed E-state index contributed by atoms with van der Waals surface area (Å²) in [6.07, 6.45) is 1.10. The maximum atomic E-state index is 6.02. The van der Waals surface area contributed by atoms with Gasteiger partial charge in [0.25, 0.3) is 0 Å². The topological polar surface area (TPSA) is 38.5 Å². The first-order valence-corrected chi connectivity index (χ1v) is 7.06. The van der Waals surface area contributed by atoms with Crippen molar-refractivity contribution in [3.05, 3.63) is 53.6 Å². The summed E-state index contributed by atoms with van der Waals surface area (Å²) in [6.45, 7) is 4.70. The fraction of sp³-hybridized carbons (Fsp3) is 0.294. The van der Waals surface area contributed by atoms with Crippen LogP contribution in [-0.4, -0.2) is 19.7 Å². The van der Waals surface area contributed by atoms with Crippen molar-refractivity contribution in [1.29, 1.82) is 0 Å². The number of fused-ring (bicyclic) bond motifs is 1. The number of nitrogen functional groups attached to an aromatic ring is 1. The Morgan fingerprint density at radius 3 is 2.80 bits per heavy atom. The second kappa shape index (κ2) is 5.45. The zero-order valence-corrected chi connectivity index (χ0v) is 11.8. The van der Waals surface area contributed by atoms with Gasteiger partial charge >= 0.3 is 0 Å². The molecule has 0 amide bonds. The quantitative estimate of drug-likeness (QED) is 0.866. The molecular weight excluding hydrogens is 248 g/mol. The molecule has 0 saturated carbocycles. The first-order valence-electron chi connectivity index (χ1n) is 7.06. The monoisotopic (exact) mass is 268 g/mol. The van der Waals surface area contributed by atoms with Gasteiger partial charge in [-0.15, -0.1) is 0 Å². The molecule has 3 rings (SSSR count). The fourth-order valence-electron chi connectivity index (χ4n) is 2.67. The van der Waals surface area contributed by atoms with Gasteiger partial charge in [0.05, 0.1) is 6.54 Å². The molecule has 2 aromatic carbocycles. The molecule has 0 spiro atoms. The lowest BCUT2D eigenvalue weighted by atomic mass is 10.1. The second-order valence-electron chi connectivity index (χ2n) is 5.24. The number of anilines is 2. The van der Waals surface area contributed by atoms with E-state index >= 15 is 0 Å². The lowest BCUT2D eigenvalue weighted by molar-refractivity contribution is 0.324. The van der Waals surface area contributed by atoms with Crippen molar-refractivity contribution < 1.29 is 4.74 Å². The van der Waals surface area contributed by atoms with Crippen molar-refractivity contribution in [2.75, 3.05) is 30.3 Å². The van der Waals surface area contributed by atoms with Crippen molar-refractivity contribution in [1.82, 2.24) is 0 Å². The minimum Gasteiger partial charge on any atom is -0.492 e. The average Bonchev–Trinajstić information content (AvgIpc) is 2.83. The van der Waals surface area contributed by atoms with Crippen molar-refractivity contribution in [2.24, 2.45) is 0 Å². The Hall–Kier alpha value is -2.16. The number of rotatable bonds is 4. The molecule has 1 aliphatic heterocycles. The van der Waals surface area contributed by atoms with E-state index in [1.165, 1.54) is 16.8 Å². The first-order chi connectivity index (χ1) is 9.74. The lowest BCUT2D eigenvalue weighted by Crippen LogP contribution is -2.26. The van der Waals surface area contributed by atoms with Crippen LogP contribution in [0.25, 0.3) is 0 Å². The molecule has 0 fully saturated rings. The zero-order valence-electron chi connectivity index (χ0n) is 11.8. The molecule has 0 aliphatic carbocycles. The number of nitrogens with zero attached hydrogens (tertiary/aromatic N) is 1. The van der Waals surface area contributed by atoms with Gasteiger partial charge in [-0.3, -0.25) is 0 Å². The molecule has 1 aliphatic rings. The molecule has 0 unspecified atom stereocenters. The van der Waals surface area contributed by atoms with E-state index in [1.807, 2.05) is 30.3 Å². The Morgan fingerprint density at radius 1 is 1.20 bits per heavy atom. The second-order valence-corrected chi connectivity index (χ2v) is 5.24. The smallest absolute Gasteiger partial charge is 0.119 e. The van der Waals surface area contributed by atoms with Gasteiger partial charge in [-0.1, -0.05) is 24.3 Å². The number of nitrogens with two attached hydrogens (primary N) is 1. The first kappa shape index (κ1) is 12.9. The highest BCUT2D eigenvalue weighted by atomic mass is 16.5. The van der Waals surface area contributed by atoms with Crippen LogP contribution in [0.15, 0.2) is 42.5 Å². The Bertz CT molecular complexity index is 595. The molecule has 0 saturated heterocycles. The average molecular weight is 268 g/mol. The van der Waals surface area contributed by atoms with Crippen molar-refractivity contribution >= 4 is 11.4 Å². The fourth-order valence-corrected chi connectivity index (χ4v) is 2.67. The predicted octanol–water partition coefficient (Wildman–Crippen LogP) is 3.02. The van der Waals surface area contributed by atoms with E-state index in [9.17, 15) is 0 Å². The molecule has 104 valence electrons. The van der Waals surface area contributed by atoms with E-state index < -0.39 is 0 Å². The molecule has 0 aromatic heterocycles. The third-order valence-corrected chi connectivity index (χ3v) is 3.83. The summed E-state index contributed by atoms with van der Waals surface area (Å²) >= 11 is 0. The normalized spacial score (nSPS) is 13.3. The van der Waals surface area contributed by atoms with E-state index in [1.54, 1.807) is 0 Å². The standard InChI is InChI=1S/C17H20N2O/c1-13-11-14-7-8-19(17(14)12-16(13)18)9-10-20-15-5-3-2-4-6-15/h2-6,11-12H,7-10,18H2,1H3. The van der Waals surface area contributed by atoms with E-state index in [4.69, 9.17) is 10.5 Å².